The lowest BCUT2D eigenvalue weighted by molar-refractivity contribution is 0.0758. The molecule has 2 N–H and O–H groups in total. The van der Waals surface area contributed by atoms with Crippen LogP contribution in [0, 0.1) is 11.8 Å². The number of carbonyl (C=O) groups is 1. The highest BCUT2D eigenvalue weighted by Crippen LogP contribution is 2.27. The minimum atomic E-state index is -0.499. The molecule has 8 heteroatoms. The number of aromatic amines is 1. The van der Waals surface area contributed by atoms with Crippen molar-refractivity contribution in [1.82, 2.24) is 24.8 Å². The summed E-state index contributed by atoms with van der Waals surface area (Å²) in [4.78, 5) is 45.8. The molecular weight excluding hydrogens is 346 g/mol. The molecule has 2 saturated heterocycles. The second-order valence-electron chi connectivity index (χ2n) is 7.55. The molecule has 2 aromatic heterocycles. The van der Waals surface area contributed by atoms with E-state index in [2.05, 4.69) is 15.3 Å². The summed E-state index contributed by atoms with van der Waals surface area (Å²) in [7, 11) is 0. The maximum Gasteiger partial charge on any atom is 0.329 e. The highest BCUT2D eigenvalue weighted by Gasteiger charge is 2.31. The van der Waals surface area contributed by atoms with Crippen LogP contribution < -0.4 is 16.6 Å². The molecule has 0 bridgehead atoms. The number of likely N-dealkylation sites (tertiary alicyclic amines) is 1. The maximum atomic E-state index is 13.0. The van der Waals surface area contributed by atoms with Crippen molar-refractivity contribution in [3.05, 3.63) is 38.7 Å². The van der Waals surface area contributed by atoms with Crippen LogP contribution in [-0.4, -0.2) is 51.5 Å². The van der Waals surface area contributed by atoms with Gasteiger partial charge in [-0.25, -0.2) is 9.78 Å². The molecule has 2 aliphatic heterocycles. The van der Waals surface area contributed by atoms with E-state index in [4.69, 9.17) is 0 Å². The molecule has 2 atom stereocenters. The average Bonchev–Trinajstić information content (AvgIpc) is 3.02. The lowest BCUT2D eigenvalue weighted by atomic mass is 9.92. The lowest BCUT2D eigenvalue weighted by Gasteiger charge is -2.21. The first-order valence-corrected chi connectivity index (χ1v) is 9.71. The van der Waals surface area contributed by atoms with Crippen molar-refractivity contribution in [2.45, 2.75) is 32.7 Å². The smallest absolute Gasteiger partial charge is 0.329 e. The fourth-order valence-corrected chi connectivity index (χ4v) is 4.32. The highest BCUT2D eigenvalue weighted by molar-refractivity contribution is 5.96. The zero-order chi connectivity index (χ0) is 19.0. The third kappa shape index (κ3) is 3.29. The molecule has 1 amide bonds. The number of hydrogen-bond donors (Lipinski definition) is 2. The normalized spacial score (nSPS) is 22.6. The van der Waals surface area contributed by atoms with Gasteiger partial charge in [0.2, 0.25) is 0 Å². The number of nitrogens with one attached hydrogen (secondary N) is 2. The number of pyridine rings is 1. The monoisotopic (exact) mass is 371 g/mol. The Balaban J connectivity index is 1.64. The fraction of sp³-hybridized carbons (Fsp3) is 0.579. The van der Waals surface area contributed by atoms with E-state index in [1.54, 1.807) is 6.07 Å². The van der Waals surface area contributed by atoms with E-state index in [0.717, 1.165) is 45.4 Å². The standard InChI is InChI=1S/C19H25N5O3/c1-2-5-24-16-15(17(25)22-19(24)27)8-14(11-21-16)18(26)23-6-3-12-9-20-10-13(12)4-7-23/h8,11-13,20H,2-7,9-10H2,1H3,(H,22,25,27)/t12-,13+. The predicted octanol–water partition coefficient (Wildman–Crippen LogP) is 0.566. The van der Waals surface area contributed by atoms with Gasteiger partial charge in [0.1, 0.15) is 5.65 Å². The maximum absolute atomic E-state index is 13.0. The summed E-state index contributed by atoms with van der Waals surface area (Å²) in [6.45, 7) is 5.95. The molecule has 2 aromatic rings. The van der Waals surface area contributed by atoms with Crippen LogP contribution in [0.1, 0.15) is 36.5 Å². The Morgan fingerprint density at radius 2 is 1.93 bits per heavy atom. The lowest BCUT2D eigenvalue weighted by Crippen LogP contribution is -2.34. The van der Waals surface area contributed by atoms with Crippen molar-refractivity contribution in [2.24, 2.45) is 11.8 Å². The third-order valence-corrected chi connectivity index (χ3v) is 5.83. The van der Waals surface area contributed by atoms with E-state index >= 15 is 0 Å². The van der Waals surface area contributed by atoms with Gasteiger partial charge in [-0.2, -0.15) is 0 Å². The van der Waals surface area contributed by atoms with Crippen molar-refractivity contribution < 1.29 is 4.79 Å². The van der Waals surface area contributed by atoms with Gasteiger partial charge in [-0.15, -0.1) is 0 Å². The molecule has 4 rings (SSSR count). The zero-order valence-corrected chi connectivity index (χ0v) is 15.5. The molecule has 0 radical (unpaired) electrons. The second-order valence-corrected chi connectivity index (χ2v) is 7.55. The number of aryl methyl sites for hydroxylation is 1. The quantitative estimate of drug-likeness (QED) is 0.821. The number of rotatable bonds is 3. The van der Waals surface area contributed by atoms with E-state index in [1.165, 1.54) is 10.8 Å². The van der Waals surface area contributed by atoms with Crippen LogP contribution in [0.5, 0.6) is 0 Å². The third-order valence-electron chi connectivity index (χ3n) is 5.83. The summed E-state index contributed by atoms with van der Waals surface area (Å²) in [5.74, 6) is 1.19. The topological polar surface area (TPSA) is 100 Å². The number of carbonyl (C=O) groups excluding carboxylic acids is 1. The van der Waals surface area contributed by atoms with Gasteiger partial charge in [0, 0.05) is 25.8 Å². The Kier molecular flexibility index (Phi) is 4.82. The van der Waals surface area contributed by atoms with Crippen molar-refractivity contribution in [1.29, 1.82) is 0 Å². The molecule has 0 aromatic carbocycles. The van der Waals surface area contributed by atoms with Crippen LogP contribution in [0.15, 0.2) is 21.9 Å². The van der Waals surface area contributed by atoms with E-state index in [-0.39, 0.29) is 11.3 Å². The molecular formula is C19H25N5O3. The van der Waals surface area contributed by atoms with E-state index in [0.29, 0.717) is 29.6 Å². The van der Waals surface area contributed by atoms with E-state index < -0.39 is 11.2 Å². The van der Waals surface area contributed by atoms with Gasteiger partial charge in [-0.05, 0) is 50.3 Å². The Labute approximate surface area is 156 Å². The van der Waals surface area contributed by atoms with Crippen molar-refractivity contribution in [2.75, 3.05) is 26.2 Å². The summed E-state index contributed by atoms with van der Waals surface area (Å²) < 4.78 is 1.45. The molecule has 0 spiro atoms. The summed E-state index contributed by atoms with van der Waals surface area (Å²) in [5, 5.41) is 3.72. The Hall–Kier alpha value is -2.48. The molecule has 0 aliphatic carbocycles. The van der Waals surface area contributed by atoms with Gasteiger partial charge in [-0.1, -0.05) is 6.92 Å². The summed E-state index contributed by atoms with van der Waals surface area (Å²) in [6.07, 6.45) is 4.24. The molecule has 2 aliphatic rings. The first-order valence-electron chi connectivity index (χ1n) is 9.71. The molecule has 0 saturated carbocycles. The van der Waals surface area contributed by atoms with Crippen molar-refractivity contribution in [3.63, 3.8) is 0 Å². The van der Waals surface area contributed by atoms with Gasteiger partial charge in [0.15, 0.2) is 0 Å². The van der Waals surface area contributed by atoms with E-state index in [1.807, 2.05) is 11.8 Å². The van der Waals surface area contributed by atoms with E-state index in [9.17, 15) is 14.4 Å². The zero-order valence-electron chi connectivity index (χ0n) is 15.5. The van der Waals surface area contributed by atoms with Crippen LogP contribution in [0.4, 0.5) is 0 Å². The predicted molar refractivity (Wildman–Crippen MR) is 102 cm³/mol. The molecule has 27 heavy (non-hydrogen) atoms. The summed E-state index contributed by atoms with van der Waals surface area (Å²) >= 11 is 0. The average molecular weight is 371 g/mol. The van der Waals surface area contributed by atoms with Crippen molar-refractivity contribution in [3.8, 4) is 0 Å². The van der Waals surface area contributed by atoms with Crippen LogP contribution in [-0.2, 0) is 6.54 Å². The van der Waals surface area contributed by atoms with Crippen LogP contribution in [0.3, 0.4) is 0 Å². The number of aromatic nitrogens is 3. The minimum Gasteiger partial charge on any atom is -0.339 e. The number of nitrogens with zero attached hydrogens (tertiary/aromatic N) is 3. The largest absolute Gasteiger partial charge is 0.339 e. The Bertz CT molecular complexity index is 965. The van der Waals surface area contributed by atoms with Gasteiger partial charge in [-0.3, -0.25) is 19.1 Å². The van der Waals surface area contributed by atoms with Gasteiger partial charge < -0.3 is 10.2 Å². The minimum absolute atomic E-state index is 0.0926. The first kappa shape index (κ1) is 17.9. The van der Waals surface area contributed by atoms with Crippen LogP contribution in [0.2, 0.25) is 0 Å². The van der Waals surface area contributed by atoms with Gasteiger partial charge >= 0.3 is 5.69 Å². The van der Waals surface area contributed by atoms with Gasteiger partial charge in [0.05, 0.1) is 10.9 Å². The van der Waals surface area contributed by atoms with Crippen LogP contribution in [0.25, 0.3) is 11.0 Å². The van der Waals surface area contributed by atoms with Crippen molar-refractivity contribution >= 4 is 16.9 Å². The first-order chi connectivity index (χ1) is 13.1. The second kappa shape index (κ2) is 7.26. The number of H-pyrrole nitrogens is 1. The number of amides is 1. The molecule has 4 heterocycles. The SMILES string of the molecule is CCCn1c(=O)[nH]c(=O)c2cc(C(=O)N3CC[C@@H]4CNC[C@@H]4CC3)cnc21. The van der Waals surface area contributed by atoms with Crippen LogP contribution >= 0.6 is 0 Å². The highest BCUT2D eigenvalue weighted by atomic mass is 16.2. The number of fused-ring (bicyclic) bond motifs is 2. The Morgan fingerprint density at radius 3 is 2.59 bits per heavy atom. The Morgan fingerprint density at radius 1 is 1.22 bits per heavy atom. The number of hydrogen-bond acceptors (Lipinski definition) is 5. The molecule has 8 nitrogen and oxygen atoms in total. The molecule has 144 valence electrons. The fourth-order valence-electron chi connectivity index (χ4n) is 4.32. The molecule has 0 unspecified atom stereocenters. The summed E-state index contributed by atoms with van der Waals surface area (Å²) in [6, 6.07) is 1.57. The van der Waals surface area contributed by atoms with Gasteiger partial charge in [0.25, 0.3) is 11.5 Å². The summed E-state index contributed by atoms with van der Waals surface area (Å²) in [5.41, 5.74) is -0.229. The molecule has 2 fully saturated rings.